The molecule has 0 aliphatic heterocycles. The standard InChI is InChI=1S/C17H16N2O5/c20-16(18-8-2-1-3-9(6-8)19(23)24)14-10-4-5-11(13-7-12(10)13)15(14)17(21)22/h1-6,10-15H,7H2,(H,18,20)(H,21,22)/t10-,11-,12-,13-,14-,15+/m0/s1. The van der Waals surface area contributed by atoms with Crippen LogP contribution in [0.4, 0.5) is 11.4 Å². The molecule has 4 aliphatic carbocycles. The lowest BCUT2D eigenvalue weighted by Crippen LogP contribution is -2.48. The smallest absolute Gasteiger partial charge is 0.307 e. The highest BCUT2D eigenvalue weighted by atomic mass is 16.6. The molecule has 0 unspecified atom stereocenters. The number of nitro benzene ring substituents is 1. The van der Waals surface area contributed by atoms with Crippen molar-refractivity contribution in [3.63, 3.8) is 0 Å². The number of hydrogen-bond acceptors (Lipinski definition) is 4. The van der Waals surface area contributed by atoms with Crippen molar-refractivity contribution >= 4 is 23.3 Å². The van der Waals surface area contributed by atoms with Crippen LogP contribution in [-0.4, -0.2) is 21.9 Å². The van der Waals surface area contributed by atoms with Crippen LogP contribution < -0.4 is 5.32 Å². The van der Waals surface area contributed by atoms with Gasteiger partial charge in [-0.3, -0.25) is 19.7 Å². The number of carboxylic acids is 1. The molecule has 24 heavy (non-hydrogen) atoms. The SMILES string of the molecule is O=C(O)[C@@H]1[C@H]2C=C[C@@H]([C@@H]3C[C@@H]23)[C@@H]1C(=O)Nc1cccc([N+](=O)[O-])c1. The summed E-state index contributed by atoms with van der Waals surface area (Å²) in [5.41, 5.74) is 0.200. The van der Waals surface area contributed by atoms with Gasteiger partial charge in [0.1, 0.15) is 0 Å². The highest BCUT2D eigenvalue weighted by molar-refractivity contribution is 5.96. The van der Waals surface area contributed by atoms with Crippen LogP contribution in [0.25, 0.3) is 0 Å². The van der Waals surface area contributed by atoms with E-state index in [1.54, 1.807) is 6.07 Å². The summed E-state index contributed by atoms with van der Waals surface area (Å²) in [5, 5.41) is 23.1. The maximum Gasteiger partial charge on any atom is 0.307 e. The first-order valence-electron chi connectivity index (χ1n) is 7.94. The number of anilines is 1. The van der Waals surface area contributed by atoms with E-state index in [1.165, 1.54) is 18.2 Å². The molecule has 0 saturated heterocycles. The zero-order chi connectivity index (χ0) is 17.0. The second-order valence-electron chi connectivity index (χ2n) is 6.79. The molecule has 0 spiro atoms. The molecule has 0 radical (unpaired) electrons. The zero-order valence-electron chi connectivity index (χ0n) is 12.7. The van der Waals surface area contributed by atoms with E-state index >= 15 is 0 Å². The number of carbonyl (C=O) groups excluding carboxylic acids is 1. The predicted molar refractivity (Wildman–Crippen MR) is 84.1 cm³/mol. The number of aliphatic carboxylic acids is 1. The summed E-state index contributed by atoms with van der Waals surface area (Å²) < 4.78 is 0. The monoisotopic (exact) mass is 328 g/mol. The van der Waals surface area contributed by atoms with Crippen molar-refractivity contribution in [2.24, 2.45) is 35.5 Å². The lowest BCUT2D eigenvalue weighted by atomic mass is 9.62. The fraction of sp³-hybridized carbons (Fsp3) is 0.412. The average molecular weight is 328 g/mol. The molecule has 4 aliphatic rings. The van der Waals surface area contributed by atoms with E-state index in [0.29, 0.717) is 17.5 Å². The van der Waals surface area contributed by atoms with Crippen molar-refractivity contribution in [3.05, 3.63) is 46.5 Å². The molecule has 2 fully saturated rings. The molecule has 0 aromatic heterocycles. The second kappa shape index (κ2) is 5.15. The van der Waals surface area contributed by atoms with E-state index in [9.17, 15) is 24.8 Å². The van der Waals surface area contributed by atoms with Crippen molar-refractivity contribution in [1.82, 2.24) is 0 Å². The van der Waals surface area contributed by atoms with Crippen molar-refractivity contribution in [2.45, 2.75) is 6.42 Å². The molecule has 2 N–H and O–H groups in total. The van der Waals surface area contributed by atoms with Crippen LogP contribution in [0.1, 0.15) is 6.42 Å². The Hall–Kier alpha value is -2.70. The Balaban J connectivity index is 1.59. The molecule has 7 heteroatoms. The maximum absolute atomic E-state index is 12.7. The molecule has 1 aromatic carbocycles. The number of hydrogen-bond donors (Lipinski definition) is 2. The average Bonchev–Trinajstić information content (AvgIpc) is 3.36. The number of rotatable bonds is 4. The normalized spacial score (nSPS) is 35.2. The Morgan fingerprint density at radius 2 is 1.83 bits per heavy atom. The minimum atomic E-state index is -0.945. The number of nitrogens with zero attached hydrogens (tertiary/aromatic N) is 1. The summed E-state index contributed by atoms with van der Waals surface area (Å²) in [7, 11) is 0. The van der Waals surface area contributed by atoms with Gasteiger partial charge >= 0.3 is 5.97 Å². The van der Waals surface area contributed by atoms with Gasteiger partial charge in [-0.05, 0) is 36.2 Å². The fourth-order valence-electron chi connectivity index (χ4n) is 4.49. The van der Waals surface area contributed by atoms with E-state index in [-0.39, 0.29) is 23.4 Å². The van der Waals surface area contributed by atoms with Crippen LogP contribution in [0.15, 0.2) is 36.4 Å². The zero-order valence-corrected chi connectivity index (χ0v) is 12.7. The number of non-ortho nitro benzene ring substituents is 1. The third kappa shape index (κ3) is 2.19. The van der Waals surface area contributed by atoms with Crippen molar-refractivity contribution in [3.8, 4) is 0 Å². The first-order valence-corrected chi connectivity index (χ1v) is 7.94. The van der Waals surface area contributed by atoms with E-state index < -0.39 is 22.7 Å². The first-order chi connectivity index (χ1) is 11.5. The Labute approximate surface area is 137 Å². The molecule has 1 aromatic rings. The fourth-order valence-corrected chi connectivity index (χ4v) is 4.49. The first kappa shape index (κ1) is 14.9. The molecular weight excluding hydrogens is 312 g/mol. The van der Waals surface area contributed by atoms with Crippen molar-refractivity contribution in [1.29, 1.82) is 0 Å². The number of nitrogens with one attached hydrogen (secondary N) is 1. The summed E-state index contributed by atoms with van der Waals surface area (Å²) in [6.45, 7) is 0. The summed E-state index contributed by atoms with van der Waals surface area (Å²) in [5.74, 6) is -2.01. The van der Waals surface area contributed by atoms with Crippen LogP contribution in [0, 0.1) is 45.6 Å². The topological polar surface area (TPSA) is 110 Å². The minimum absolute atomic E-state index is 0.0557. The Morgan fingerprint density at radius 3 is 2.46 bits per heavy atom. The molecular formula is C17H16N2O5. The largest absolute Gasteiger partial charge is 0.481 e. The van der Waals surface area contributed by atoms with Gasteiger partial charge in [-0.25, -0.2) is 0 Å². The molecule has 2 saturated carbocycles. The van der Waals surface area contributed by atoms with Gasteiger partial charge < -0.3 is 10.4 Å². The van der Waals surface area contributed by atoms with Gasteiger partial charge in [0.2, 0.25) is 5.91 Å². The van der Waals surface area contributed by atoms with E-state index in [1.807, 2.05) is 12.2 Å². The van der Waals surface area contributed by atoms with Gasteiger partial charge in [-0.2, -0.15) is 0 Å². The van der Waals surface area contributed by atoms with Gasteiger partial charge in [0.15, 0.2) is 0 Å². The minimum Gasteiger partial charge on any atom is -0.481 e. The lowest BCUT2D eigenvalue weighted by molar-refractivity contribution is -0.384. The Bertz CT molecular complexity index is 774. The number of benzene rings is 1. The van der Waals surface area contributed by atoms with E-state index in [2.05, 4.69) is 5.32 Å². The van der Waals surface area contributed by atoms with Crippen LogP contribution in [0.2, 0.25) is 0 Å². The number of fused-ring (bicyclic) bond motifs is 1. The number of allylic oxidation sites excluding steroid dienone is 2. The summed E-state index contributed by atoms with van der Waals surface area (Å²) in [6.07, 6.45) is 4.91. The van der Waals surface area contributed by atoms with Crippen LogP contribution in [-0.2, 0) is 9.59 Å². The van der Waals surface area contributed by atoms with Gasteiger partial charge in [0.25, 0.3) is 5.69 Å². The van der Waals surface area contributed by atoms with E-state index in [0.717, 1.165) is 6.42 Å². The van der Waals surface area contributed by atoms with Gasteiger partial charge in [-0.1, -0.05) is 18.2 Å². The van der Waals surface area contributed by atoms with Crippen LogP contribution in [0.3, 0.4) is 0 Å². The summed E-state index contributed by atoms with van der Waals surface area (Å²) in [6, 6.07) is 5.68. The van der Waals surface area contributed by atoms with Crippen LogP contribution >= 0.6 is 0 Å². The lowest BCUT2D eigenvalue weighted by Gasteiger charge is -2.41. The Kier molecular flexibility index (Phi) is 3.19. The van der Waals surface area contributed by atoms with Gasteiger partial charge in [-0.15, -0.1) is 0 Å². The van der Waals surface area contributed by atoms with Gasteiger partial charge in [0.05, 0.1) is 16.8 Å². The Morgan fingerprint density at radius 1 is 1.17 bits per heavy atom. The molecule has 2 bridgehead atoms. The third-order valence-electron chi connectivity index (χ3n) is 5.56. The van der Waals surface area contributed by atoms with Crippen LogP contribution in [0.5, 0.6) is 0 Å². The highest BCUT2D eigenvalue weighted by Gasteiger charge is 2.62. The van der Waals surface area contributed by atoms with Crippen molar-refractivity contribution < 1.29 is 19.6 Å². The predicted octanol–water partition coefficient (Wildman–Crippen LogP) is 2.30. The number of carbonyl (C=O) groups is 2. The molecule has 7 nitrogen and oxygen atoms in total. The number of nitro groups is 1. The van der Waals surface area contributed by atoms with E-state index in [4.69, 9.17) is 0 Å². The van der Waals surface area contributed by atoms with Crippen molar-refractivity contribution in [2.75, 3.05) is 5.32 Å². The number of amides is 1. The molecule has 124 valence electrons. The molecule has 6 atom stereocenters. The highest BCUT2D eigenvalue weighted by Crippen LogP contribution is 2.63. The third-order valence-corrected chi connectivity index (χ3v) is 5.56. The summed E-state index contributed by atoms with van der Waals surface area (Å²) in [4.78, 5) is 34.8. The molecule has 0 heterocycles. The quantitative estimate of drug-likeness (QED) is 0.501. The van der Waals surface area contributed by atoms with Gasteiger partial charge in [0, 0.05) is 17.8 Å². The maximum atomic E-state index is 12.7. The number of carboxylic acid groups (broad SMARTS) is 1. The molecule has 1 amide bonds. The summed E-state index contributed by atoms with van der Waals surface area (Å²) >= 11 is 0. The molecule has 5 rings (SSSR count). The second-order valence-corrected chi connectivity index (χ2v) is 6.79.